The van der Waals surface area contributed by atoms with Crippen molar-refractivity contribution < 1.29 is 13.2 Å². The Bertz CT molecular complexity index is 540. The Hall–Kier alpha value is -1.56. The molecule has 2 aromatic heterocycles. The van der Waals surface area contributed by atoms with Crippen LogP contribution in [0.2, 0.25) is 0 Å². The minimum absolute atomic E-state index is 0.0550. The largest absolute Gasteiger partial charge is 0.416 e. The molecule has 0 fully saturated rings. The Morgan fingerprint density at radius 3 is 2.44 bits per heavy atom. The predicted molar refractivity (Wildman–Crippen MR) is 56.4 cm³/mol. The molecule has 2 rings (SSSR count). The first-order valence-electron chi connectivity index (χ1n) is 4.42. The van der Waals surface area contributed by atoms with E-state index in [0.29, 0.717) is 11.4 Å². The van der Waals surface area contributed by atoms with Crippen LogP contribution in [0.3, 0.4) is 0 Å². The van der Waals surface area contributed by atoms with Crippen LogP contribution in [0.5, 0.6) is 0 Å². The number of halogens is 3. The molecule has 6 heteroatoms. The van der Waals surface area contributed by atoms with Gasteiger partial charge in [-0.1, -0.05) is 12.2 Å². The average Bonchev–Trinajstić information content (AvgIpc) is 2.68. The van der Waals surface area contributed by atoms with Crippen molar-refractivity contribution in [1.29, 1.82) is 0 Å². The van der Waals surface area contributed by atoms with E-state index >= 15 is 0 Å². The van der Waals surface area contributed by atoms with Crippen LogP contribution in [0.15, 0.2) is 30.5 Å². The molecule has 0 aliphatic rings. The van der Waals surface area contributed by atoms with Crippen LogP contribution in [0.4, 0.5) is 13.2 Å². The fraction of sp³-hybridized carbons (Fsp3) is 0.100. The maximum absolute atomic E-state index is 12.5. The van der Waals surface area contributed by atoms with Gasteiger partial charge < -0.3 is 9.97 Å². The zero-order valence-electron chi connectivity index (χ0n) is 7.93. The molecule has 16 heavy (non-hydrogen) atoms. The second kappa shape index (κ2) is 3.79. The Balaban J connectivity index is 2.57. The summed E-state index contributed by atoms with van der Waals surface area (Å²) in [7, 11) is 0. The van der Waals surface area contributed by atoms with E-state index in [-0.39, 0.29) is 4.64 Å². The zero-order chi connectivity index (χ0) is 11.8. The van der Waals surface area contributed by atoms with Crippen LogP contribution in [-0.4, -0.2) is 9.97 Å². The number of aromatic nitrogens is 2. The fourth-order valence-corrected chi connectivity index (χ4v) is 1.59. The lowest BCUT2D eigenvalue weighted by Gasteiger charge is -2.08. The second-order valence-electron chi connectivity index (χ2n) is 3.23. The molecule has 0 bridgehead atoms. The SMILES string of the molecule is FC(F)(F)c1cc(-c2ccc[nH]2)[nH]c(=S)c1. The molecule has 0 saturated carbocycles. The van der Waals surface area contributed by atoms with Crippen LogP contribution >= 0.6 is 12.2 Å². The summed E-state index contributed by atoms with van der Waals surface area (Å²) in [6.45, 7) is 0. The lowest BCUT2D eigenvalue weighted by molar-refractivity contribution is -0.137. The third kappa shape index (κ3) is 2.16. The number of H-pyrrole nitrogens is 2. The van der Waals surface area contributed by atoms with Crippen molar-refractivity contribution in [2.45, 2.75) is 6.18 Å². The van der Waals surface area contributed by atoms with Crippen molar-refractivity contribution in [1.82, 2.24) is 9.97 Å². The van der Waals surface area contributed by atoms with E-state index in [1.165, 1.54) is 0 Å². The number of rotatable bonds is 1. The van der Waals surface area contributed by atoms with Gasteiger partial charge in [-0.15, -0.1) is 0 Å². The molecule has 0 saturated heterocycles. The van der Waals surface area contributed by atoms with Gasteiger partial charge in [0.25, 0.3) is 0 Å². The van der Waals surface area contributed by atoms with E-state index in [1.54, 1.807) is 18.3 Å². The first-order chi connectivity index (χ1) is 7.47. The Labute approximate surface area is 94.1 Å². The van der Waals surface area contributed by atoms with Gasteiger partial charge in [0, 0.05) is 6.20 Å². The summed E-state index contributed by atoms with van der Waals surface area (Å²) >= 11 is 4.76. The Kier molecular flexibility index (Phi) is 2.59. The van der Waals surface area contributed by atoms with E-state index in [9.17, 15) is 13.2 Å². The van der Waals surface area contributed by atoms with Crippen molar-refractivity contribution in [3.8, 4) is 11.4 Å². The van der Waals surface area contributed by atoms with Gasteiger partial charge in [0.2, 0.25) is 0 Å². The highest BCUT2D eigenvalue weighted by atomic mass is 32.1. The topological polar surface area (TPSA) is 31.6 Å². The normalized spacial score (nSPS) is 11.7. The van der Waals surface area contributed by atoms with Gasteiger partial charge in [0.05, 0.1) is 17.0 Å². The fourth-order valence-electron chi connectivity index (χ4n) is 1.35. The van der Waals surface area contributed by atoms with Crippen molar-refractivity contribution in [3.05, 3.63) is 40.7 Å². The molecule has 0 aliphatic carbocycles. The van der Waals surface area contributed by atoms with E-state index in [1.807, 2.05) is 0 Å². The van der Waals surface area contributed by atoms with Crippen LogP contribution in [0.25, 0.3) is 11.4 Å². The number of aromatic amines is 2. The molecule has 0 amide bonds. The Morgan fingerprint density at radius 2 is 1.88 bits per heavy atom. The average molecular weight is 244 g/mol. The molecule has 0 atom stereocenters. The van der Waals surface area contributed by atoms with E-state index in [2.05, 4.69) is 9.97 Å². The minimum atomic E-state index is -4.38. The van der Waals surface area contributed by atoms with Gasteiger partial charge in [0.1, 0.15) is 4.64 Å². The highest BCUT2D eigenvalue weighted by molar-refractivity contribution is 7.71. The van der Waals surface area contributed by atoms with E-state index in [4.69, 9.17) is 12.2 Å². The van der Waals surface area contributed by atoms with Crippen LogP contribution in [0, 0.1) is 4.64 Å². The molecule has 0 radical (unpaired) electrons. The molecule has 0 aliphatic heterocycles. The van der Waals surface area contributed by atoms with Gasteiger partial charge in [0.15, 0.2) is 0 Å². The maximum atomic E-state index is 12.5. The number of hydrogen-bond donors (Lipinski definition) is 2. The number of pyridine rings is 1. The Morgan fingerprint density at radius 1 is 1.12 bits per heavy atom. The van der Waals surface area contributed by atoms with Crippen molar-refractivity contribution in [3.63, 3.8) is 0 Å². The van der Waals surface area contributed by atoms with Gasteiger partial charge >= 0.3 is 6.18 Å². The van der Waals surface area contributed by atoms with E-state index in [0.717, 1.165) is 12.1 Å². The summed E-state index contributed by atoms with van der Waals surface area (Å²) in [6, 6.07) is 5.30. The molecule has 0 aromatic carbocycles. The van der Waals surface area contributed by atoms with Gasteiger partial charge in [-0.05, 0) is 24.3 Å². The lowest BCUT2D eigenvalue weighted by Crippen LogP contribution is -2.05. The molecule has 0 spiro atoms. The van der Waals surface area contributed by atoms with Gasteiger partial charge in [-0.25, -0.2) is 0 Å². The first kappa shape index (κ1) is 10.9. The van der Waals surface area contributed by atoms with E-state index < -0.39 is 11.7 Å². The molecule has 0 unspecified atom stereocenters. The molecule has 2 aromatic rings. The van der Waals surface area contributed by atoms with Crippen LogP contribution in [0.1, 0.15) is 5.56 Å². The summed E-state index contributed by atoms with van der Waals surface area (Å²) in [5, 5.41) is 0. The summed E-state index contributed by atoms with van der Waals surface area (Å²) < 4.78 is 37.6. The quantitative estimate of drug-likeness (QED) is 0.735. The molecule has 84 valence electrons. The predicted octanol–water partition coefficient (Wildman–Crippen LogP) is 3.76. The molecular weight excluding hydrogens is 237 g/mol. The zero-order valence-corrected chi connectivity index (χ0v) is 8.75. The number of alkyl halides is 3. The van der Waals surface area contributed by atoms with Gasteiger partial charge in [-0.3, -0.25) is 0 Å². The van der Waals surface area contributed by atoms with Crippen LogP contribution in [-0.2, 0) is 6.18 Å². The molecule has 2 nitrogen and oxygen atoms in total. The number of hydrogen-bond acceptors (Lipinski definition) is 1. The number of nitrogens with one attached hydrogen (secondary N) is 2. The summed E-state index contributed by atoms with van der Waals surface area (Å²) in [4.78, 5) is 5.52. The second-order valence-corrected chi connectivity index (χ2v) is 3.67. The third-order valence-corrected chi connectivity index (χ3v) is 2.28. The van der Waals surface area contributed by atoms with Crippen molar-refractivity contribution in [2.24, 2.45) is 0 Å². The third-order valence-electron chi connectivity index (χ3n) is 2.06. The highest BCUT2D eigenvalue weighted by Gasteiger charge is 2.31. The molecule has 2 N–H and O–H groups in total. The highest BCUT2D eigenvalue weighted by Crippen LogP contribution is 2.31. The summed E-state index contributed by atoms with van der Waals surface area (Å²) in [5.41, 5.74) is 0.142. The summed E-state index contributed by atoms with van der Waals surface area (Å²) in [5.74, 6) is 0. The maximum Gasteiger partial charge on any atom is 0.416 e. The van der Waals surface area contributed by atoms with Crippen molar-refractivity contribution in [2.75, 3.05) is 0 Å². The smallest absolute Gasteiger partial charge is 0.360 e. The standard InChI is InChI=1S/C10H7F3N2S/c11-10(12,13)6-4-8(15-9(16)5-6)7-2-1-3-14-7/h1-5,14H,(H,15,16). The first-order valence-corrected chi connectivity index (χ1v) is 4.83. The summed E-state index contributed by atoms with van der Waals surface area (Å²) in [6.07, 6.45) is -2.75. The minimum Gasteiger partial charge on any atom is -0.360 e. The molecular formula is C10H7F3N2S. The molecule has 2 heterocycles. The lowest BCUT2D eigenvalue weighted by atomic mass is 10.2. The van der Waals surface area contributed by atoms with Crippen molar-refractivity contribution >= 4 is 12.2 Å². The van der Waals surface area contributed by atoms with Gasteiger partial charge in [-0.2, -0.15) is 13.2 Å². The van der Waals surface area contributed by atoms with Crippen LogP contribution < -0.4 is 0 Å². The monoisotopic (exact) mass is 244 g/mol.